The van der Waals surface area contributed by atoms with E-state index in [1.54, 1.807) is 12.1 Å². The molecular formula is C19H22ClN3O3. The van der Waals surface area contributed by atoms with Gasteiger partial charge in [-0.05, 0) is 36.8 Å². The van der Waals surface area contributed by atoms with Crippen LogP contribution >= 0.6 is 11.6 Å². The van der Waals surface area contributed by atoms with Crippen molar-refractivity contribution in [3.63, 3.8) is 0 Å². The van der Waals surface area contributed by atoms with Crippen LogP contribution in [0.1, 0.15) is 23.4 Å². The smallest absolute Gasteiger partial charge is 0.286 e. The molecule has 1 aliphatic heterocycles. The third kappa shape index (κ3) is 4.79. The first-order valence-electron chi connectivity index (χ1n) is 8.73. The number of rotatable bonds is 6. The van der Waals surface area contributed by atoms with Gasteiger partial charge in [-0.2, -0.15) is 0 Å². The normalized spacial score (nSPS) is 14.3. The molecule has 0 bridgehead atoms. The molecule has 138 valence electrons. The van der Waals surface area contributed by atoms with Gasteiger partial charge in [0.1, 0.15) is 0 Å². The fraction of sp³-hybridized carbons (Fsp3) is 0.368. The fourth-order valence-corrected chi connectivity index (χ4v) is 3.17. The van der Waals surface area contributed by atoms with Gasteiger partial charge in [-0.1, -0.05) is 17.7 Å². The van der Waals surface area contributed by atoms with Crippen LogP contribution < -0.4 is 10.2 Å². The number of hydrogen-bond acceptors (Lipinski definition) is 4. The quantitative estimate of drug-likeness (QED) is 0.788. The molecule has 6 nitrogen and oxygen atoms in total. The Morgan fingerprint density at radius 1 is 1.12 bits per heavy atom. The third-order valence-corrected chi connectivity index (χ3v) is 4.64. The Balaban J connectivity index is 1.36. The highest BCUT2D eigenvalue weighted by Gasteiger charge is 2.21. The Hall–Kier alpha value is -2.47. The maximum atomic E-state index is 12.3. The summed E-state index contributed by atoms with van der Waals surface area (Å²) in [7, 11) is 0. The summed E-state index contributed by atoms with van der Waals surface area (Å²) in [5.41, 5.74) is 1.09. The van der Waals surface area contributed by atoms with Crippen molar-refractivity contribution in [2.45, 2.75) is 12.8 Å². The first kappa shape index (κ1) is 18.3. The number of carbonyl (C=O) groups is 2. The summed E-state index contributed by atoms with van der Waals surface area (Å²) in [6.07, 6.45) is 2.50. The summed E-state index contributed by atoms with van der Waals surface area (Å²) in [5, 5.41) is 3.47. The first-order chi connectivity index (χ1) is 12.6. The van der Waals surface area contributed by atoms with Crippen LogP contribution in [-0.4, -0.2) is 49.4 Å². The number of hydrogen-bond donors (Lipinski definition) is 1. The summed E-state index contributed by atoms with van der Waals surface area (Å²) in [4.78, 5) is 28.2. The standard InChI is InChI=1S/C19H22ClN3O3/c20-15-4-1-5-16(14-15)22-9-11-23(12-10-22)18(24)7-2-8-21-19(25)17-6-3-13-26-17/h1,3-6,13-14H,2,7-12H2,(H,21,25). The number of halogens is 1. The highest BCUT2D eigenvalue weighted by atomic mass is 35.5. The van der Waals surface area contributed by atoms with E-state index in [9.17, 15) is 9.59 Å². The lowest BCUT2D eigenvalue weighted by Crippen LogP contribution is -2.48. The van der Waals surface area contributed by atoms with Crippen LogP contribution in [-0.2, 0) is 4.79 Å². The van der Waals surface area contributed by atoms with E-state index in [-0.39, 0.29) is 17.6 Å². The summed E-state index contributed by atoms with van der Waals surface area (Å²) in [6.45, 7) is 3.44. The average Bonchev–Trinajstić information content (AvgIpc) is 3.20. The van der Waals surface area contributed by atoms with E-state index < -0.39 is 0 Å². The van der Waals surface area contributed by atoms with Crippen LogP contribution in [0.25, 0.3) is 0 Å². The molecule has 0 spiro atoms. The van der Waals surface area contributed by atoms with Crippen LogP contribution in [0, 0.1) is 0 Å². The minimum atomic E-state index is -0.252. The summed E-state index contributed by atoms with van der Waals surface area (Å²) in [6, 6.07) is 11.1. The molecule has 2 heterocycles. The number of anilines is 1. The molecule has 0 unspecified atom stereocenters. The molecule has 1 aromatic carbocycles. The minimum Gasteiger partial charge on any atom is -0.459 e. The van der Waals surface area contributed by atoms with Crippen LogP contribution in [0.15, 0.2) is 47.1 Å². The largest absolute Gasteiger partial charge is 0.459 e. The fourth-order valence-electron chi connectivity index (χ4n) is 2.98. The monoisotopic (exact) mass is 375 g/mol. The molecule has 26 heavy (non-hydrogen) atoms. The van der Waals surface area contributed by atoms with E-state index in [0.717, 1.165) is 23.8 Å². The molecule has 0 saturated carbocycles. The first-order valence-corrected chi connectivity index (χ1v) is 9.11. The molecule has 2 aromatic rings. The number of carbonyl (C=O) groups excluding carboxylic acids is 2. The Bertz CT molecular complexity index is 740. The molecule has 1 aliphatic rings. The highest BCUT2D eigenvalue weighted by Crippen LogP contribution is 2.21. The Labute approximate surface area is 157 Å². The molecule has 0 aliphatic carbocycles. The summed E-state index contributed by atoms with van der Waals surface area (Å²) < 4.78 is 5.02. The van der Waals surface area contributed by atoms with Crippen molar-refractivity contribution in [2.24, 2.45) is 0 Å². The zero-order valence-corrected chi connectivity index (χ0v) is 15.2. The maximum absolute atomic E-state index is 12.3. The van der Waals surface area contributed by atoms with E-state index in [1.807, 2.05) is 29.2 Å². The molecular weight excluding hydrogens is 354 g/mol. The number of nitrogens with one attached hydrogen (secondary N) is 1. The van der Waals surface area contributed by atoms with Crippen LogP contribution in [0.4, 0.5) is 5.69 Å². The second kappa shape index (κ2) is 8.76. The number of furan rings is 1. The molecule has 7 heteroatoms. The lowest BCUT2D eigenvalue weighted by atomic mass is 10.2. The number of benzene rings is 1. The van der Waals surface area contributed by atoms with Gasteiger partial charge in [-0.15, -0.1) is 0 Å². The van der Waals surface area contributed by atoms with Crippen molar-refractivity contribution in [1.29, 1.82) is 0 Å². The van der Waals surface area contributed by atoms with Crippen molar-refractivity contribution < 1.29 is 14.0 Å². The van der Waals surface area contributed by atoms with Crippen LogP contribution in [0.5, 0.6) is 0 Å². The van der Waals surface area contributed by atoms with Gasteiger partial charge in [0.15, 0.2) is 5.76 Å². The molecule has 2 amide bonds. The molecule has 0 atom stereocenters. The van der Waals surface area contributed by atoms with Crippen molar-refractivity contribution in [1.82, 2.24) is 10.2 Å². The van der Waals surface area contributed by atoms with Gasteiger partial charge in [0.25, 0.3) is 5.91 Å². The SMILES string of the molecule is O=C(NCCCC(=O)N1CCN(c2cccc(Cl)c2)CC1)c1ccco1. The van der Waals surface area contributed by atoms with Gasteiger partial charge in [0.2, 0.25) is 5.91 Å². The molecule has 1 saturated heterocycles. The number of piperazine rings is 1. The highest BCUT2D eigenvalue weighted by molar-refractivity contribution is 6.30. The van der Waals surface area contributed by atoms with Gasteiger partial charge < -0.3 is 19.5 Å². The minimum absolute atomic E-state index is 0.128. The molecule has 3 rings (SSSR count). The van der Waals surface area contributed by atoms with E-state index in [1.165, 1.54) is 6.26 Å². The Morgan fingerprint density at radius 3 is 2.62 bits per heavy atom. The van der Waals surface area contributed by atoms with Gasteiger partial charge in [-0.3, -0.25) is 9.59 Å². The van der Waals surface area contributed by atoms with Gasteiger partial charge >= 0.3 is 0 Å². The van der Waals surface area contributed by atoms with Gasteiger partial charge in [-0.25, -0.2) is 0 Å². The van der Waals surface area contributed by atoms with Crippen molar-refractivity contribution >= 4 is 29.1 Å². The number of nitrogens with zero attached hydrogens (tertiary/aromatic N) is 2. The van der Waals surface area contributed by atoms with E-state index in [0.29, 0.717) is 32.5 Å². The topological polar surface area (TPSA) is 65.8 Å². The summed E-state index contributed by atoms with van der Waals surface area (Å²) in [5.74, 6) is 0.161. The molecule has 1 aromatic heterocycles. The average molecular weight is 376 g/mol. The number of amides is 2. The van der Waals surface area contributed by atoms with Gasteiger partial charge in [0.05, 0.1) is 6.26 Å². The zero-order chi connectivity index (χ0) is 18.4. The maximum Gasteiger partial charge on any atom is 0.286 e. The lowest BCUT2D eigenvalue weighted by molar-refractivity contribution is -0.131. The van der Waals surface area contributed by atoms with Crippen molar-refractivity contribution in [3.05, 3.63) is 53.4 Å². The second-order valence-corrected chi connectivity index (χ2v) is 6.62. The van der Waals surface area contributed by atoms with E-state index >= 15 is 0 Å². The van der Waals surface area contributed by atoms with E-state index in [4.69, 9.17) is 16.0 Å². The second-order valence-electron chi connectivity index (χ2n) is 6.18. The van der Waals surface area contributed by atoms with E-state index in [2.05, 4.69) is 10.2 Å². The Kier molecular flexibility index (Phi) is 6.17. The van der Waals surface area contributed by atoms with Crippen LogP contribution in [0.2, 0.25) is 5.02 Å². The molecule has 0 radical (unpaired) electrons. The predicted molar refractivity (Wildman–Crippen MR) is 101 cm³/mol. The van der Waals surface area contributed by atoms with Gasteiger partial charge in [0, 0.05) is 49.9 Å². The zero-order valence-electron chi connectivity index (χ0n) is 14.5. The van der Waals surface area contributed by atoms with Crippen molar-refractivity contribution in [3.8, 4) is 0 Å². The third-order valence-electron chi connectivity index (χ3n) is 4.40. The van der Waals surface area contributed by atoms with Crippen molar-refractivity contribution in [2.75, 3.05) is 37.6 Å². The molecule has 1 N–H and O–H groups in total. The summed E-state index contributed by atoms with van der Waals surface area (Å²) >= 11 is 6.04. The Morgan fingerprint density at radius 2 is 1.92 bits per heavy atom. The molecule has 1 fully saturated rings. The van der Waals surface area contributed by atoms with Crippen LogP contribution in [0.3, 0.4) is 0 Å². The predicted octanol–water partition coefficient (Wildman–Crippen LogP) is 2.79. The lowest BCUT2D eigenvalue weighted by Gasteiger charge is -2.36.